The highest BCUT2D eigenvalue weighted by atomic mass is 35.5. The lowest BCUT2D eigenvalue weighted by Gasteiger charge is -2.08. The van der Waals surface area contributed by atoms with Crippen molar-refractivity contribution in [3.05, 3.63) is 77.6 Å². The van der Waals surface area contributed by atoms with E-state index >= 15 is 0 Å². The molecular weight excluding hydrogens is 400 g/mol. The summed E-state index contributed by atoms with van der Waals surface area (Å²) in [6.07, 6.45) is 1.66. The van der Waals surface area contributed by atoms with E-state index in [1.54, 1.807) is 28.9 Å². The number of benzene rings is 2. The van der Waals surface area contributed by atoms with Gasteiger partial charge in [-0.2, -0.15) is 9.50 Å². The second-order valence-corrected chi connectivity index (χ2v) is 6.98. The van der Waals surface area contributed by atoms with E-state index in [-0.39, 0.29) is 0 Å². The summed E-state index contributed by atoms with van der Waals surface area (Å²) in [5.41, 5.74) is 3.71. The van der Waals surface area contributed by atoms with Gasteiger partial charge in [-0.15, -0.1) is 15.3 Å². The van der Waals surface area contributed by atoms with E-state index in [0.717, 1.165) is 16.9 Å². The lowest BCUT2D eigenvalue weighted by molar-refractivity contribution is 0.852. The molecule has 0 aliphatic heterocycles. The molecule has 0 unspecified atom stereocenters. The second-order valence-electron chi connectivity index (χ2n) is 6.55. The van der Waals surface area contributed by atoms with Gasteiger partial charge in [-0.25, -0.2) is 9.97 Å². The van der Waals surface area contributed by atoms with Crippen LogP contribution in [-0.2, 0) is 0 Å². The first-order valence-corrected chi connectivity index (χ1v) is 9.57. The molecule has 9 heteroatoms. The normalized spacial score (nSPS) is 11.0. The van der Waals surface area contributed by atoms with Crippen molar-refractivity contribution in [3.63, 3.8) is 0 Å². The Balaban J connectivity index is 1.52. The molecule has 5 rings (SSSR count). The smallest absolute Gasteiger partial charge is 0.272 e. The highest BCUT2D eigenvalue weighted by molar-refractivity contribution is 6.30. The molecule has 0 atom stereocenters. The molecule has 2 aromatic carbocycles. The van der Waals surface area contributed by atoms with Gasteiger partial charge in [0.1, 0.15) is 5.69 Å². The molecule has 30 heavy (non-hydrogen) atoms. The van der Waals surface area contributed by atoms with E-state index in [0.29, 0.717) is 34.0 Å². The first-order chi connectivity index (χ1) is 14.7. The number of aryl methyl sites for hydroxylation is 1. The predicted molar refractivity (Wildman–Crippen MR) is 115 cm³/mol. The lowest BCUT2D eigenvalue weighted by atomic mass is 10.2. The molecule has 146 valence electrons. The fourth-order valence-electron chi connectivity index (χ4n) is 3.05. The first-order valence-electron chi connectivity index (χ1n) is 9.19. The highest BCUT2D eigenvalue weighted by Gasteiger charge is 2.15. The van der Waals surface area contributed by atoms with E-state index in [2.05, 4.69) is 35.6 Å². The Kier molecular flexibility index (Phi) is 4.53. The Bertz CT molecular complexity index is 1350. The molecule has 5 aromatic rings. The molecule has 0 spiro atoms. The molecule has 0 aliphatic rings. The Morgan fingerprint density at radius 3 is 2.63 bits per heavy atom. The van der Waals surface area contributed by atoms with E-state index in [1.165, 1.54) is 0 Å². The van der Waals surface area contributed by atoms with E-state index in [1.807, 2.05) is 49.4 Å². The van der Waals surface area contributed by atoms with Crippen LogP contribution in [0.1, 0.15) is 5.69 Å². The maximum absolute atomic E-state index is 6.05. The van der Waals surface area contributed by atoms with Crippen LogP contribution in [0.3, 0.4) is 0 Å². The number of hydrogen-bond donors (Lipinski definition) is 1. The molecule has 1 N–H and O–H groups in total. The number of anilines is 2. The van der Waals surface area contributed by atoms with Gasteiger partial charge in [-0.3, -0.25) is 0 Å². The number of aromatic nitrogens is 7. The van der Waals surface area contributed by atoms with Gasteiger partial charge in [0.25, 0.3) is 5.78 Å². The summed E-state index contributed by atoms with van der Waals surface area (Å²) in [5.74, 6) is 1.46. The fraction of sp³-hybridized carbons (Fsp3) is 0.0476. The summed E-state index contributed by atoms with van der Waals surface area (Å²) in [6.45, 7) is 1.91. The Labute approximate surface area is 176 Å². The van der Waals surface area contributed by atoms with Crippen LogP contribution in [-0.4, -0.2) is 34.8 Å². The SMILES string of the molecule is Cc1c(-c2ccnc(Nc3cccc(Cl)c3)n2)nnc2nc(-c3ccccc3)nn12. The maximum Gasteiger partial charge on any atom is 0.272 e. The zero-order valence-corrected chi connectivity index (χ0v) is 16.6. The monoisotopic (exact) mass is 414 g/mol. The molecule has 3 heterocycles. The van der Waals surface area contributed by atoms with Gasteiger partial charge in [-0.1, -0.05) is 48.0 Å². The molecule has 0 amide bonds. The van der Waals surface area contributed by atoms with Gasteiger partial charge >= 0.3 is 0 Å². The minimum absolute atomic E-state index is 0.430. The second kappa shape index (κ2) is 7.49. The van der Waals surface area contributed by atoms with Crippen molar-refractivity contribution in [3.8, 4) is 22.8 Å². The van der Waals surface area contributed by atoms with Gasteiger partial charge in [-0.05, 0) is 31.2 Å². The van der Waals surface area contributed by atoms with E-state index in [9.17, 15) is 0 Å². The molecular formula is C21H15ClN8. The first kappa shape index (κ1) is 18.1. The van der Waals surface area contributed by atoms with E-state index < -0.39 is 0 Å². The minimum atomic E-state index is 0.430. The van der Waals surface area contributed by atoms with Crippen LogP contribution in [0.2, 0.25) is 5.02 Å². The van der Waals surface area contributed by atoms with E-state index in [4.69, 9.17) is 11.6 Å². The predicted octanol–water partition coefficient (Wildman–Crippen LogP) is 4.35. The Morgan fingerprint density at radius 1 is 0.933 bits per heavy atom. The third-order valence-electron chi connectivity index (χ3n) is 4.50. The van der Waals surface area contributed by atoms with Crippen molar-refractivity contribution in [1.29, 1.82) is 0 Å². The summed E-state index contributed by atoms with van der Waals surface area (Å²) < 4.78 is 1.68. The third-order valence-corrected chi connectivity index (χ3v) is 4.74. The number of hydrogen-bond acceptors (Lipinski definition) is 7. The van der Waals surface area contributed by atoms with Crippen molar-refractivity contribution in [2.75, 3.05) is 5.32 Å². The van der Waals surface area contributed by atoms with Crippen LogP contribution in [0.25, 0.3) is 28.6 Å². The maximum atomic E-state index is 6.05. The standard InChI is InChI=1S/C21H15ClN8/c1-13-18(17-10-11-23-20(25-17)24-16-9-5-8-15(22)12-16)27-28-21-26-19(29-30(13)21)14-6-3-2-4-7-14/h2-12H,1H3,(H,23,24,25). The van der Waals surface area contributed by atoms with Crippen molar-refractivity contribution in [1.82, 2.24) is 34.8 Å². The molecule has 0 aliphatic carbocycles. The Hall–Kier alpha value is -3.91. The summed E-state index contributed by atoms with van der Waals surface area (Å²) in [7, 11) is 0. The Morgan fingerprint density at radius 2 is 1.80 bits per heavy atom. The molecule has 0 bridgehead atoms. The number of nitrogens with zero attached hydrogens (tertiary/aromatic N) is 7. The zero-order chi connectivity index (χ0) is 20.5. The summed E-state index contributed by atoms with van der Waals surface area (Å²) in [5, 5.41) is 16.9. The van der Waals surface area contributed by atoms with Gasteiger partial charge in [0.05, 0.1) is 11.4 Å². The fourth-order valence-corrected chi connectivity index (χ4v) is 3.24. The third kappa shape index (κ3) is 3.44. The van der Waals surface area contributed by atoms with Crippen LogP contribution in [0.5, 0.6) is 0 Å². The highest BCUT2D eigenvalue weighted by Crippen LogP contribution is 2.23. The number of halogens is 1. The molecule has 0 saturated carbocycles. The average Bonchev–Trinajstić information content (AvgIpc) is 3.20. The van der Waals surface area contributed by atoms with Crippen LogP contribution < -0.4 is 5.32 Å². The molecule has 3 aromatic heterocycles. The van der Waals surface area contributed by atoms with Crippen molar-refractivity contribution in [2.45, 2.75) is 6.92 Å². The van der Waals surface area contributed by atoms with Crippen molar-refractivity contribution < 1.29 is 0 Å². The number of rotatable bonds is 4. The van der Waals surface area contributed by atoms with Gasteiger partial charge < -0.3 is 5.32 Å². The summed E-state index contributed by atoms with van der Waals surface area (Å²) in [6, 6.07) is 18.9. The number of nitrogens with one attached hydrogen (secondary N) is 1. The lowest BCUT2D eigenvalue weighted by Crippen LogP contribution is -2.05. The minimum Gasteiger partial charge on any atom is -0.324 e. The molecule has 0 fully saturated rings. The van der Waals surface area contributed by atoms with Gasteiger partial charge in [0.15, 0.2) is 5.82 Å². The average molecular weight is 415 g/mol. The molecule has 0 radical (unpaired) electrons. The van der Waals surface area contributed by atoms with Crippen molar-refractivity contribution >= 4 is 29.0 Å². The summed E-state index contributed by atoms with van der Waals surface area (Å²) >= 11 is 6.05. The van der Waals surface area contributed by atoms with Crippen LogP contribution in [0, 0.1) is 6.92 Å². The summed E-state index contributed by atoms with van der Waals surface area (Å²) in [4.78, 5) is 13.3. The quantitative estimate of drug-likeness (QED) is 0.467. The topological polar surface area (TPSA) is 93.8 Å². The van der Waals surface area contributed by atoms with Crippen LogP contribution >= 0.6 is 11.6 Å². The zero-order valence-electron chi connectivity index (χ0n) is 15.9. The van der Waals surface area contributed by atoms with Crippen molar-refractivity contribution in [2.24, 2.45) is 0 Å². The van der Waals surface area contributed by atoms with Gasteiger partial charge in [0, 0.05) is 22.5 Å². The van der Waals surface area contributed by atoms with Crippen LogP contribution in [0.15, 0.2) is 66.9 Å². The van der Waals surface area contributed by atoms with Crippen LogP contribution in [0.4, 0.5) is 11.6 Å². The van der Waals surface area contributed by atoms with Gasteiger partial charge in [0.2, 0.25) is 5.95 Å². The molecule has 0 saturated heterocycles. The molecule has 8 nitrogen and oxygen atoms in total. The largest absolute Gasteiger partial charge is 0.324 e. The number of fused-ring (bicyclic) bond motifs is 1.